The van der Waals surface area contributed by atoms with Crippen molar-refractivity contribution in [3.63, 3.8) is 0 Å². The lowest BCUT2D eigenvalue weighted by molar-refractivity contribution is -0.136. The van der Waals surface area contributed by atoms with Gasteiger partial charge in [0.15, 0.2) is 11.5 Å². The lowest BCUT2D eigenvalue weighted by Gasteiger charge is -2.30. The fourth-order valence-electron chi connectivity index (χ4n) is 4.56. The number of nitrogens with zero attached hydrogens (tertiary/aromatic N) is 1. The molecule has 1 saturated heterocycles. The van der Waals surface area contributed by atoms with E-state index in [-0.39, 0.29) is 30.3 Å². The molecule has 1 aliphatic carbocycles. The molecule has 1 atom stereocenters. The Kier molecular flexibility index (Phi) is 5.58. The average Bonchev–Trinajstić information content (AvgIpc) is 2.96. The van der Waals surface area contributed by atoms with Crippen molar-refractivity contribution in [2.45, 2.75) is 57.5 Å². The number of amides is 4. The lowest BCUT2D eigenvalue weighted by atomic mass is 9.82. The highest BCUT2D eigenvalue weighted by molar-refractivity contribution is 6.09. The maximum atomic E-state index is 12.9. The van der Waals surface area contributed by atoms with E-state index in [4.69, 9.17) is 9.47 Å². The van der Waals surface area contributed by atoms with E-state index in [1.807, 2.05) is 32.0 Å². The van der Waals surface area contributed by atoms with Gasteiger partial charge in [0.1, 0.15) is 25.3 Å². The summed E-state index contributed by atoms with van der Waals surface area (Å²) in [5.74, 6) is 0.815. The highest BCUT2D eigenvalue weighted by Gasteiger charge is 2.51. The molecular formula is C22H29N3O5. The largest absolute Gasteiger partial charge is 0.486 e. The maximum absolute atomic E-state index is 12.9. The van der Waals surface area contributed by atoms with Crippen LogP contribution < -0.4 is 20.1 Å². The fraction of sp³-hybridized carbons (Fsp3) is 0.591. The van der Waals surface area contributed by atoms with Crippen LogP contribution in [0.4, 0.5) is 4.79 Å². The zero-order valence-corrected chi connectivity index (χ0v) is 17.5. The summed E-state index contributed by atoms with van der Waals surface area (Å²) in [4.78, 5) is 39.2. The molecule has 2 N–H and O–H groups in total. The molecule has 162 valence electrons. The zero-order chi connectivity index (χ0) is 21.3. The van der Waals surface area contributed by atoms with Crippen molar-refractivity contribution >= 4 is 17.8 Å². The molecule has 1 aromatic rings. The minimum Gasteiger partial charge on any atom is -0.486 e. The number of urea groups is 1. The maximum Gasteiger partial charge on any atom is 0.325 e. The zero-order valence-electron chi connectivity index (χ0n) is 17.5. The van der Waals surface area contributed by atoms with E-state index in [2.05, 4.69) is 10.6 Å². The molecule has 8 heteroatoms. The number of imide groups is 1. The Bertz CT molecular complexity index is 847. The molecule has 4 amide bonds. The van der Waals surface area contributed by atoms with Gasteiger partial charge in [-0.1, -0.05) is 39.2 Å². The van der Waals surface area contributed by atoms with E-state index in [1.165, 1.54) is 0 Å². The Balaban J connectivity index is 1.45. The van der Waals surface area contributed by atoms with E-state index < -0.39 is 11.6 Å². The van der Waals surface area contributed by atoms with Crippen LogP contribution in [0.2, 0.25) is 0 Å². The van der Waals surface area contributed by atoms with E-state index >= 15 is 0 Å². The van der Waals surface area contributed by atoms with Gasteiger partial charge < -0.3 is 20.1 Å². The number of nitrogens with one attached hydrogen (secondary N) is 2. The SMILES string of the molecule is CC(C)[C@@H](NC(=O)CN1C(=O)NC2(CCCCC2)C1=O)c1ccc2c(c1)OCCO2. The van der Waals surface area contributed by atoms with Gasteiger partial charge in [-0.2, -0.15) is 0 Å². The van der Waals surface area contributed by atoms with Crippen LogP contribution in [0.25, 0.3) is 0 Å². The summed E-state index contributed by atoms with van der Waals surface area (Å²) in [5.41, 5.74) is 0.0756. The molecule has 2 aliphatic heterocycles. The Morgan fingerprint density at radius 3 is 2.53 bits per heavy atom. The highest BCUT2D eigenvalue weighted by Crippen LogP contribution is 2.35. The minimum absolute atomic E-state index is 0.101. The second kappa shape index (κ2) is 8.16. The molecule has 2 fully saturated rings. The average molecular weight is 415 g/mol. The number of carbonyl (C=O) groups is 3. The van der Waals surface area contributed by atoms with Crippen molar-refractivity contribution in [1.82, 2.24) is 15.5 Å². The van der Waals surface area contributed by atoms with E-state index in [9.17, 15) is 14.4 Å². The lowest BCUT2D eigenvalue weighted by Crippen LogP contribution is -2.49. The smallest absolute Gasteiger partial charge is 0.325 e. The van der Waals surface area contributed by atoms with Crippen LogP contribution in [0.3, 0.4) is 0 Å². The van der Waals surface area contributed by atoms with Gasteiger partial charge in [0.05, 0.1) is 6.04 Å². The van der Waals surface area contributed by atoms with Crippen molar-refractivity contribution in [2.75, 3.05) is 19.8 Å². The van der Waals surface area contributed by atoms with Crippen molar-refractivity contribution in [1.29, 1.82) is 0 Å². The normalized spacial score (nSPS) is 21.0. The third-order valence-corrected chi connectivity index (χ3v) is 6.16. The van der Waals surface area contributed by atoms with Gasteiger partial charge in [0, 0.05) is 0 Å². The van der Waals surface area contributed by atoms with Crippen LogP contribution >= 0.6 is 0 Å². The monoisotopic (exact) mass is 415 g/mol. The molecule has 0 radical (unpaired) electrons. The Labute approximate surface area is 176 Å². The molecule has 1 spiro atoms. The van der Waals surface area contributed by atoms with E-state index in [0.717, 1.165) is 29.7 Å². The molecule has 8 nitrogen and oxygen atoms in total. The first-order chi connectivity index (χ1) is 14.4. The predicted molar refractivity (Wildman–Crippen MR) is 109 cm³/mol. The summed E-state index contributed by atoms with van der Waals surface area (Å²) in [6, 6.07) is 4.87. The number of rotatable bonds is 5. The van der Waals surface area contributed by atoms with Gasteiger partial charge in [-0.25, -0.2) is 4.79 Å². The standard InChI is InChI=1S/C22H29N3O5/c1-14(2)19(15-6-7-16-17(12-15)30-11-10-29-16)23-18(26)13-25-20(27)22(24-21(25)28)8-4-3-5-9-22/h6-7,12,14,19H,3-5,8-11,13H2,1-2H3,(H,23,26)(H,24,28)/t19-/m1/s1. The molecule has 1 aromatic carbocycles. The second-order valence-electron chi connectivity index (χ2n) is 8.66. The van der Waals surface area contributed by atoms with Gasteiger partial charge >= 0.3 is 6.03 Å². The number of benzene rings is 1. The van der Waals surface area contributed by atoms with E-state index in [1.54, 1.807) is 0 Å². The molecule has 0 aromatic heterocycles. The van der Waals surface area contributed by atoms with Gasteiger partial charge in [-0.15, -0.1) is 0 Å². The van der Waals surface area contributed by atoms with Crippen LogP contribution in [-0.4, -0.2) is 48.0 Å². The predicted octanol–water partition coefficient (Wildman–Crippen LogP) is 2.53. The summed E-state index contributed by atoms with van der Waals surface area (Å²) in [6.07, 6.45) is 4.16. The van der Waals surface area contributed by atoms with Crippen LogP contribution in [0.15, 0.2) is 18.2 Å². The number of carbonyl (C=O) groups excluding carboxylic acids is 3. The van der Waals surface area contributed by atoms with Gasteiger partial charge in [-0.05, 0) is 36.5 Å². The van der Waals surface area contributed by atoms with Crippen molar-refractivity contribution in [2.24, 2.45) is 5.92 Å². The summed E-state index contributed by atoms with van der Waals surface area (Å²) in [7, 11) is 0. The summed E-state index contributed by atoms with van der Waals surface area (Å²) in [6.45, 7) is 4.74. The Hall–Kier alpha value is -2.77. The molecule has 0 unspecified atom stereocenters. The molecule has 4 rings (SSSR count). The number of ether oxygens (including phenoxy) is 2. The number of fused-ring (bicyclic) bond motifs is 1. The topological polar surface area (TPSA) is 97.0 Å². The molecule has 1 saturated carbocycles. The molecule has 3 aliphatic rings. The van der Waals surface area contributed by atoms with Gasteiger partial charge in [-0.3, -0.25) is 14.5 Å². The Morgan fingerprint density at radius 2 is 1.83 bits per heavy atom. The first-order valence-electron chi connectivity index (χ1n) is 10.7. The fourth-order valence-corrected chi connectivity index (χ4v) is 4.56. The van der Waals surface area contributed by atoms with Crippen LogP contribution in [0.1, 0.15) is 57.6 Å². The third kappa shape index (κ3) is 3.82. The van der Waals surface area contributed by atoms with Gasteiger partial charge in [0.2, 0.25) is 5.91 Å². The van der Waals surface area contributed by atoms with Crippen LogP contribution in [0, 0.1) is 5.92 Å². The third-order valence-electron chi connectivity index (χ3n) is 6.16. The first-order valence-corrected chi connectivity index (χ1v) is 10.7. The van der Waals surface area contributed by atoms with Crippen LogP contribution in [0.5, 0.6) is 11.5 Å². The summed E-state index contributed by atoms with van der Waals surface area (Å²) >= 11 is 0. The molecule has 30 heavy (non-hydrogen) atoms. The minimum atomic E-state index is -0.817. The number of hydrogen-bond acceptors (Lipinski definition) is 5. The second-order valence-corrected chi connectivity index (χ2v) is 8.66. The quantitative estimate of drug-likeness (QED) is 0.721. The highest BCUT2D eigenvalue weighted by atomic mass is 16.6. The first kappa shape index (κ1) is 20.5. The molecule has 2 heterocycles. The molecular weight excluding hydrogens is 386 g/mol. The molecule has 0 bridgehead atoms. The Morgan fingerprint density at radius 1 is 1.13 bits per heavy atom. The number of hydrogen-bond donors (Lipinski definition) is 2. The summed E-state index contributed by atoms with van der Waals surface area (Å²) < 4.78 is 11.2. The summed E-state index contributed by atoms with van der Waals surface area (Å²) in [5, 5.41) is 5.83. The van der Waals surface area contributed by atoms with Crippen molar-refractivity contribution in [3.8, 4) is 11.5 Å². The van der Waals surface area contributed by atoms with Crippen molar-refractivity contribution in [3.05, 3.63) is 23.8 Å². The van der Waals surface area contributed by atoms with E-state index in [0.29, 0.717) is 37.6 Å². The van der Waals surface area contributed by atoms with Gasteiger partial charge in [0.25, 0.3) is 5.91 Å². The van der Waals surface area contributed by atoms with Crippen molar-refractivity contribution < 1.29 is 23.9 Å². The van der Waals surface area contributed by atoms with Crippen LogP contribution in [-0.2, 0) is 9.59 Å².